The molecule has 3 N–H and O–H groups in total. The van der Waals surface area contributed by atoms with Crippen molar-refractivity contribution in [2.75, 3.05) is 39.3 Å². The SMILES string of the molecule is CC1(CNC(=O)NCC(O)CN2CCc3ccccc3C2)CCN(Cc2ccccc2)C1. The summed E-state index contributed by atoms with van der Waals surface area (Å²) in [5, 5.41) is 16.3. The zero-order valence-electron chi connectivity index (χ0n) is 19.1. The lowest BCUT2D eigenvalue weighted by Crippen LogP contribution is -2.47. The molecule has 0 aliphatic carbocycles. The quantitative estimate of drug-likeness (QED) is 0.595. The molecule has 0 aromatic heterocycles. The Balaban J connectivity index is 1.14. The average molecular weight is 437 g/mol. The smallest absolute Gasteiger partial charge is 0.314 e. The van der Waals surface area contributed by atoms with Crippen LogP contribution in [0.2, 0.25) is 0 Å². The first-order valence-electron chi connectivity index (χ1n) is 11.7. The third-order valence-corrected chi connectivity index (χ3v) is 6.74. The zero-order chi connectivity index (χ0) is 22.4. The molecule has 2 aromatic rings. The molecule has 4 rings (SSSR count). The molecule has 32 heavy (non-hydrogen) atoms. The number of fused-ring (bicyclic) bond motifs is 1. The van der Waals surface area contributed by atoms with Crippen LogP contribution in [0, 0.1) is 5.41 Å². The fourth-order valence-corrected chi connectivity index (χ4v) is 4.89. The molecule has 0 spiro atoms. The number of aliphatic hydroxyl groups excluding tert-OH is 1. The van der Waals surface area contributed by atoms with Gasteiger partial charge in [-0.3, -0.25) is 9.80 Å². The highest BCUT2D eigenvalue weighted by atomic mass is 16.3. The topological polar surface area (TPSA) is 67.8 Å². The maximum Gasteiger partial charge on any atom is 0.314 e. The third kappa shape index (κ3) is 6.31. The Morgan fingerprint density at radius 2 is 1.78 bits per heavy atom. The van der Waals surface area contributed by atoms with E-state index in [1.54, 1.807) is 0 Å². The van der Waals surface area contributed by atoms with Crippen molar-refractivity contribution in [2.45, 2.75) is 39.0 Å². The van der Waals surface area contributed by atoms with Crippen molar-refractivity contribution in [1.82, 2.24) is 20.4 Å². The van der Waals surface area contributed by atoms with E-state index >= 15 is 0 Å². The number of likely N-dealkylation sites (tertiary alicyclic amines) is 1. The van der Waals surface area contributed by atoms with E-state index < -0.39 is 6.10 Å². The van der Waals surface area contributed by atoms with Crippen LogP contribution in [0.15, 0.2) is 54.6 Å². The van der Waals surface area contributed by atoms with Crippen LogP contribution in [0.4, 0.5) is 4.79 Å². The Morgan fingerprint density at radius 3 is 2.59 bits per heavy atom. The van der Waals surface area contributed by atoms with Gasteiger partial charge in [0.25, 0.3) is 0 Å². The number of carbonyl (C=O) groups is 1. The van der Waals surface area contributed by atoms with E-state index in [2.05, 4.69) is 75.9 Å². The van der Waals surface area contributed by atoms with Gasteiger partial charge in [0.05, 0.1) is 6.10 Å². The van der Waals surface area contributed by atoms with Gasteiger partial charge in [-0.1, -0.05) is 61.5 Å². The second kappa shape index (κ2) is 10.5. The lowest BCUT2D eigenvalue weighted by Gasteiger charge is -2.30. The fraction of sp³-hybridized carbons (Fsp3) is 0.500. The van der Waals surface area contributed by atoms with E-state index in [9.17, 15) is 9.90 Å². The van der Waals surface area contributed by atoms with Crippen molar-refractivity contribution in [3.8, 4) is 0 Å². The molecule has 6 heteroatoms. The minimum absolute atomic E-state index is 0.0753. The number of amides is 2. The van der Waals surface area contributed by atoms with Crippen LogP contribution in [0.25, 0.3) is 0 Å². The molecule has 2 aliphatic rings. The lowest BCUT2D eigenvalue weighted by atomic mass is 9.90. The summed E-state index contributed by atoms with van der Waals surface area (Å²) in [5.74, 6) is 0. The number of β-amino-alcohol motifs (C(OH)–C–C–N with tert-alkyl or cyclic N) is 1. The van der Waals surface area contributed by atoms with Crippen molar-refractivity contribution in [3.63, 3.8) is 0 Å². The summed E-state index contributed by atoms with van der Waals surface area (Å²) >= 11 is 0. The first kappa shape index (κ1) is 22.8. The van der Waals surface area contributed by atoms with Crippen LogP contribution < -0.4 is 10.6 Å². The molecular weight excluding hydrogens is 400 g/mol. The number of carbonyl (C=O) groups excluding carboxylic acids is 1. The summed E-state index contributed by atoms with van der Waals surface area (Å²) < 4.78 is 0. The summed E-state index contributed by atoms with van der Waals surface area (Å²) in [6.45, 7) is 8.49. The summed E-state index contributed by atoms with van der Waals surface area (Å²) in [4.78, 5) is 17.0. The Morgan fingerprint density at radius 1 is 1.03 bits per heavy atom. The number of aliphatic hydroxyl groups is 1. The van der Waals surface area contributed by atoms with E-state index in [4.69, 9.17) is 0 Å². The van der Waals surface area contributed by atoms with Gasteiger partial charge in [-0.25, -0.2) is 4.79 Å². The van der Waals surface area contributed by atoms with E-state index in [1.165, 1.54) is 16.7 Å². The molecule has 2 aromatic carbocycles. The summed E-state index contributed by atoms with van der Waals surface area (Å²) in [7, 11) is 0. The molecule has 2 aliphatic heterocycles. The largest absolute Gasteiger partial charge is 0.390 e. The van der Waals surface area contributed by atoms with Crippen molar-refractivity contribution in [1.29, 1.82) is 0 Å². The van der Waals surface area contributed by atoms with E-state index in [-0.39, 0.29) is 18.0 Å². The molecule has 172 valence electrons. The van der Waals surface area contributed by atoms with Gasteiger partial charge in [-0.05, 0) is 41.5 Å². The van der Waals surface area contributed by atoms with Gasteiger partial charge >= 0.3 is 6.03 Å². The van der Waals surface area contributed by atoms with Gasteiger partial charge in [-0.2, -0.15) is 0 Å². The molecule has 1 fully saturated rings. The van der Waals surface area contributed by atoms with E-state index in [1.807, 2.05) is 6.07 Å². The fourth-order valence-electron chi connectivity index (χ4n) is 4.89. The number of hydrogen-bond acceptors (Lipinski definition) is 4. The number of rotatable bonds is 8. The van der Waals surface area contributed by atoms with E-state index in [0.717, 1.165) is 45.6 Å². The van der Waals surface area contributed by atoms with Gasteiger partial charge < -0.3 is 15.7 Å². The predicted octanol–water partition coefficient (Wildman–Crippen LogP) is 2.62. The first-order valence-corrected chi connectivity index (χ1v) is 11.7. The molecule has 1 saturated heterocycles. The van der Waals surface area contributed by atoms with Gasteiger partial charge in [0, 0.05) is 45.8 Å². The monoisotopic (exact) mass is 436 g/mol. The molecule has 0 saturated carbocycles. The maximum atomic E-state index is 12.3. The number of hydrogen-bond donors (Lipinski definition) is 3. The second-order valence-corrected chi connectivity index (χ2v) is 9.73. The normalized spacial score (nSPS) is 22.3. The summed E-state index contributed by atoms with van der Waals surface area (Å²) in [5.41, 5.74) is 4.14. The number of nitrogens with zero attached hydrogens (tertiary/aromatic N) is 2. The van der Waals surface area contributed by atoms with Crippen LogP contribution >= 0.6 is 0 Å². The summed E-state index contributed by atoms with van der Waals surface area (Å²) in [6.07, 6.45) is 1.50. The number of nitrogens with one attached hydrogen (secondary N) is 2. The van der Waals surface area contributed by atoms with Crippen molar-refractivity contribution >= 4 is 6.03 Å². The van der Waals surface area contributed by atoms with Crippen molar-refractivity contribution in [2.24, 2.45) is 5.41 Å². The van der Waals surface area contributed by atoms with Crippen molar-refractivity contribution < 1.29 is 9.90 Å². The highest BCUT2D eigenvalue weighted by Gasteiger charge is 2.34. The minimum Gasteiger partial charge on any atom is -0.390 e. The van der Waals surface area contributed by atoms with Crippen LogP contribution in [-0.2, 0) is 19.5 Å². The Hall–Kier alpha value is -2.41. The first-order chi connectivity index (χ1) is 15.5. The molecule has 2 unspecified atom stereocenters. The van der Waals surface area contributed by atoms with Gasteiger partial charge in [0.2, 0.25) is 0 Å². The average Bonchev–Trinajstić information content (AvgIpc) is 3.17. The number of urea groups is 1. The van der Waals surface area contributed by atoms with E-state index in [0.29, 0.717) is 13.1 Å². The Bertz CT molecular complexity index is 890. The molecule has 2 amide bonds. The zero-order valence-corrected chi connectivity index (χ0v) is 19.1. The molecule has 0 bridgehead atoms. The lowest BCUT2D eigenvalue weighted by molar-refractivity contribution is 0.105. The molecular formula is C26H36N4O2. The molecule has 2 heterocycles. The van der Waals surface area contributed by atoms with Crippen LogP contribution in [0.1, 0.15) is 30.0 Å². The summed E-state index contributed by atoms with van der Waals surface area (Å²) in [6, 6.07) is 18.8. The van der Waals surface area contributed by atoms with Gasteiger partial charge in [0.1, 0.15) is 0 Å². The van der Waals surface area contributed by atoms with Gasteiger partial charge in [0.15, 0.2) is 0 Å². The third-order valence-electron chi connectivity index (χ3n) is 6.74. The predicted molar refractivity (Wildman–Crippen MR) is 127 cm³/mol. The minimum atomic E-state index is -0.575. The second-order valence-electron chi connectivity index (χ2n) is 9.73. The molecule has 2 atom stereocenters. The van der Waals surface area contributed by atoms with Crippen LogP contribution in [0.5, 0.6) is 0 Å². The highest BCUT2D eigenvalue weighted by Crippen LogP contribution is 2.30. The maximum absolute atomic E-state index is 12.3. The van der Waals surface area contributed by atoms with Gasteiger partial charge in [-0.15, -0.1) is 0 Å². The molecule has 6 nitrogen and oxygen atoms in total. The standard InChI is InChI=1S/C26H36N4O2/c1-26(12-14-30(20-26)16-21-7-3-2-4-8-21)19-28-25(32)27-15-24(31)18-29-13-11-22-9-5-6-10-23(22)17-29/h2-10,24,31H,11-20H2,1H3,(H2,27,28,32). The van der Waals surface area contributed by atoms with Crippen LogP contribution in [-0.4, -0.2) is 66.3 Å². The number of benzene rings is 2. The van der Waals surface area contributed by atoms with Crippen molar-refractivity contribution in [3.05, 3.63) is 71.3 Å². The Kier molecular flexibility index (Phi) is 7.45. The van der Waals surface area contributed by atoms with Crippen LogP contribution in [0.3, 0.4) is 0 Å². The Labute approximate surface area is 191 Å². The molecule has 0 radical (unpaired) electrons. The highest BCUT2D eigenvalue weighted by molar-refractivity contribution is 5.73.